The molecular weight excluding hydrogens is 376 g/mol. The number of benzene rings is 2. The Kier molecular flexibility index (Phi) is 6.91. The lowest BCUT2D eigenvalue weighted by atomic mass is 10.0. The largest absolute Gasteiger partial charge is 0.370 e. The average molecular weight is 402 g/mol. The lowest BCUT2D eigenvalue weighted by Crippen LogP contribution is -3.14. The molecule has 0 aliphatic carbocycles. The summed E-state index contributed by atoms with van der Waals surface area (Å²) in [5.41, 5.74) is 3.16. The highest BCUT2D eigenvalue weighted by Gasteiger charge is 2.22. The SMILES string of the molecule is Cc1ccc([C@@H](C[NH+]2CCOCC2)NC(=S)Nc2ccc([N+](=O)[O-])cc2)cc1. The van der Waals surface area contributed by atoms with Crippen LogP contribution in [0.1, 0.15) is 17.2 Å². The zero-order chi connectivity index (χ0) is 19.9. The van der Waals surface area contributed by atoms with E-state index in [1.54, 1.807) is 12.1 Å². The smallest absolute Gasteiger partial charge is 0.269 e. The van der Waals surface area contributed by atoms with Crippen molar-refractivity contribution < 1.29 is 14.6 Å². The van der Waals surface area contributed by atoms with Crippen LogP contribution in [-0.2, 0) is 4.74 Å². The molecule has 0 saturated carbocycles. The number of nitro benzene ring substituents is 1. The van der Waals surface area contributed by atoms with Gasteiger partial charge in [-0.3, -0.25) is 10.1 Å². The molecule has 1 saturated heterocycles. The highest BCUT2D eigenvalue weighted by atomic mass is 32.1. The second-order valence-electron chi connectivity index (χ2n) is 6.93. The molecule has 0 bridgehead atoms. The number of ether oxygens (including phenoxy) is 1. The van der Waals surface area contributed by atoms with Crippen molar-refractivity contribution in [1.82, 2.24) is 5.32 Å². The van der Waals surface area contributed by atoms with Crippen molar-refractivity contribution >= 4 is 28.7 Å². The molecule has 0 amide bonds. The number of nitrogens with zero attached hydrogens (tertiary/aromatic N) is 1. The molecular formula is C20H25N4O3S+. The Balaban J connectivity index is 1.67. The van der Waals surface area contributed by atoms with Crippen LogP contribution in [-0.4, -0.2) is 42.9 Å². The topological polar surface area (TPSA) is 80.9 Å². The van der Waals surface area contributed by atoms with Gasteiger partial charge in [0.1, 0.15) is 25.7 Å². The quantitative estimate of drug-likeness (QED) is 0.389. The summed E-state index contributed by atoms with van der Waals surface area (Å²) in [5.74, 6) is 0. The van der Waals surface area contributed by atoms with E-state index in [0.29, 0.717) is 10.8 Å². The Bertz CT molecular complexity index is 805. The lowest BCUT2D eigenvalue weighted by molar-refractivity contribution is -0.909. The van der Waals surface area contributed by atoms with Crippen LogP contribution < -0.4 is 15.5 Å². The third-order valence-corrected chi connectivity index (χ3v) is 5.03. The first-order valence-corrected chi connectivity index (χ1v) is 9.72. The molecule has 1 fully saturated rings. The summed E-state index contributed by atoms with van der Waals surface area (Å²) in [6.07, 6.45) is 0. The van der Waals surface area contributed by atoms with Gasteiger partial charge in [0.2, 0.25) is 0 Å². The predicted octanol–water partition coefficient (Wildman–Crippen LogP) is 1.85. The van der Waals surface area contributed by atoms with Crippen LogP contribution in [0.5, 0.6) is 0 Å². The van der Waals surface area contributed by atoms with Gasteiger partial charge in [0.05, 0.1) is 18.1 Å². The van der Waals surface area contributed by atoms with E-state index in [2.05, 4.69) is 41.8 Å². The molecule has 2 aromatic rings. The standard InChI is InChI=1S/C20H24N4O3S/c1-15-2-4-16(5-3-15)19(14-23-10-12-27-13-11-23)22-20(28)21-17-6-8-18(9-7-17)24(25)26/h2-9,19H,10-14H2,1H3,(H2,21,22,28)/p+1/t19-/m1/s1. The number of hydrogen-bond acceptors (Lipinski definition) is 4. The second kappa shape index (κ2) is 9.59. The number of anilines is 1. The third-order valence-electron chi connectivity index (χ3n) is 4.81. The van der Waals surface area contributed by atoms with Gasteiger partial charge in [-0.25, -0.2) is 0 Å². The van der Waals surface area contributed by atoms with Crippen LogP contribution in [0, 0.1) is 17.0 Å². The van der Waals surface area contributed by atoms with E-state index in [-0.39, 0.29) is 11.7 Å². The molecule has 1 atom stereocenters. The summed E-state index contributed by atoms with van der Waals surface area (Å²) < 4.78 is 5.46. The molecule has 1 aliphatic rings. The average Bonchev–Trinajstić information content (AvgIpc) is 2.69. The van der Waals surface area contributed by atoms with E-state index in [9.17, 15) is 10.1 Å². The van der Waals surface area contributed by atoms with Gasteiger partial charge in [-0.05, 0) is 36.8 Å². The molecule has 1 aliphatic heterocycles. The first-order chi connectivity index (χ1) is 13.5. The Morgan fingerprint density at radius 3 is 2.43 bits per heavy atom. The van der Waals surface area contributed by atoms with Gasteiger partial charge < -0.3 is 20.3 Å². The predicted molar refractivity (Wildman–Crippen MR) is 113 cm³/mol. The first kappa shape index (κ1) is 20.2. The minimum absolute atomic E-state index is 0.0536. The lowest BCUT2D eigenvalue weighted by Gasteiger charge is -2.29. The van der Waals surface area contributed by atoms with Crippen molar-refractivity contribution in [2.75, 3.05) is 38.2 Å². The fraction of sp³-hybridized carbons (Fsp3) is 0.350. The zero-order valence-electron chi connectivity index (χ0n) is 15.8. The summed E-state index contributed by atoms with van der Waals surface area (Å²) in [6, 6.07) is 14.7. The molecule has 28 heavy (non-hydrogen) atoms. The number of morpholine rings is 1. The molecule has 7 nitrogen and oxygen atoms in total. The maximum Gasteiger partial charge on any atom is 0.269 e. The van der Waals surface area contributed by atoms with Gasteiger partial charge in [-0.15, -0.1) is 0 Å². The Morgan fingerprint density at radius 2 is 1.82 bits per heavy atom. The van der Waals surface area contributed by atoms with Crippen LogP contribution >= 0.6 is 12.2 Å². The van der Waals surface area contributed by atoms with Crippen LogP contribution in [0.4, 0.5) is 11.4 Å². The number of non-ortho nitro benzene ring substituents is 1. The minimum atomic E-state index is -0.418. The molecule has 2 aromatic carbocycles. The molecule has 3 N–H and O–H groups in total. The molecule has 8 heteroatoms. The first-order valence-electron chi connectivity index (χ1n) is 9.31. The number of hydrogen-bond donors (Lipinski definition) is 3. The summed E-state index contributed by atoms with van der Waals surface area (Å²) >= 11 is 5.50. The summed E-state index contributed by atoms with van der Waals surface area (Å²) in [5, 5.41) is 17.8. The van der Waals surface area contributed by atoms with E-state index in [1.807, 2.05) is 0 Å². The molecule has 148 valence electrons. The number of nitro groups is 1. The van der Waals surface area contributed by atoms with Crippen LogP contribution in [0.2, 0.25) is 0 Å². The molecule has 0 aromatic heterocycles. The summed E-state index contributed by atoms with van der Waals surface area (Å²) in [6.45, 7) is 6.48. The van der Waals surface area contributed by atoms with Gasteiger partial charge in [0, 0.05) is 17.8 Å². The Labute approximate surface area is 169 Å². The highest BCUT2D eigenvalue weighted by molar-refractivity contribution is 7.80. The molecule has 0 unspecified atom stereocenters. The molecule has 1 heterocycles. The normalized spacial score (nSPS) is 15.6. The van der Waals surface area contributed by atoms with Gasteiger partial charge in [0.25, 0.3) is 5.69 Å². The van der Waals surface area contributed by atoms with Crippen molar-refractivity contribution in [1.29, 1.82) is 0 Å². The number of nitrogens with one attached hydrogen (secondary N) is 3. The van der Waals surface area contributed by atoms with Gasteiger partial charge in [0.15, 0.2) is 5.11 Å². The van der Waals surface area contributed by atoms with E-state index in [4.69, 9.17) is 17.0 Å². The molecule has 3 rings (SSSR count). The van der Waals surface area contributed by atoms with Crippen molar-refractivity contribution in [3.05, 3.63) is 69.8 Å². The van der Waals surface area contributed by atoms with E-state index < -0.39 is 4.92 Å². The molecule has 0 radical (unpaired) electrons. The fourth-order valence-electron chi connectivity index (χ4n) is 3.20. The van der Waals surface area contributed by atoms with E-state index in [0.717, 1.165) is 32.8 Å². The second-order valence-corrected chi connectivity index (χ2v) is 7.34. The third kappa shape index (κ3) is 5.72. The van der Waals surface area contributed by atoms with Crippen LogP contribution in [0.15, 0.2) is 48.5 Å². The van der Waals surface area contributed by atoms with Crippen molar-refractivity contribution in [2.45, 2.75) is 13.0 Å². The van der Waals surface area contributed by atoms with Crippen LogP contribution in [0.25, 0.3) is 0 Å². The van der Waals surface area contributed by atoms with Crippen molar-refractivity contribution in [3.8, 4) is 0 Å². The van der Waals surface area contributed by atoms with Gasteiger partial charge in [-0.1, -0.05) is 29.8 Å². The molecule has 0 spiro atoms. The highest BCUT2D eigenvalue weighted by Crippen LogP contribution is 2.17. The van der Waals surface area contributed by atoms with Gasteiger partial charge in [-0.2, -0.15) is 0 Å². The number of thiocarbonyl (C=S) groups is 1. The number of rotatable bonds is 6. The maximum absolute atomic E-state index is 10.8. The van der Waals surface area contributed by atoms with Gasteiger partial charge >= 0.3 is 0 Å². The Morgan fingerprint density at radius 1 is 1.18 bits per heavy atom. The number of quaternary nitrogens is 1. The number of aryl methyl sites for hydroxylation is 1. The summed E-state index contributed by atoms with van der Waals surface area (Å²) in [7, 11) is 0. The maximum atomic E-state index is 10.8. The van der Waals surface area contributed by atoms with E-state index >= 15 is 0 Å². The van der Waals surface area contributed by atoms with E-state index in [1.165, 1.54) is 28.2 Å². The zero-order valence-corrected chi connectivity index (χ0v) is 16.6. The van der Waals surface area contributed by atoms with Crippen molar-refractivity contribution in [3.63, 3.8) is 0 Å². The summed E-state index contributed by atoms with van der Waals surface area (Å²) in [4.78, 5) is 11.8. The fourth-order valence-corrected chi connectivity index (χ4v) is 3.46. The Hall–Kier alpha value is -2.55. The monoisotopic (exact) mass is 401 g/mol. The van der Waals surface area contributed by atoms with Crippen LogP contribution in [0.3, 0.4) is 0 Å². The minimum Gasteiger partial charge on any atom is -0.370 e. The van der Waals surface area contributed by atoms with Crippen molar-refractivity contribution in [2.24, 2.45) is 0 Å².